The summed E-state index contributed by atoms with van der Waals surface area (Å²) in [4.78, 5) is 0. The van der Waals surface area contributed by atoms with Crippen molar-refractivity contribution in [2.45, 2.75) is 20.3 Å². The van der Waals surface area contributed by atoms with Gasteiger partial charge in [-0.05, 0) is 37.5 Å². The van der Waals surface area contributed by atoms with Crippen LogP contribution >= 0.6 is 0 Å². The SMILES string of the molecule is C/C(N)=C/C=C(\N)NCC1(C)CCNC1. The first-order valence-corrected chi connectivity index (χ1v) is 5.36. The number of nitrogens with one attached hydrogen (secondary N) is 2. The number of hydrogen-bond donors (Lipinski definition) is 4. The van der Waals surface area contributed by atoms with Gasteiger partial charge in [-0.15, -0.1) is 0 Å². The first kappa shape index (κ1) is 11.9. The van der Waals surface area contributed by atoms with Gasteiger partial charge in [0.15, 0.2) is 0 Å². The second kappa shape index (κ2) is 5.07. The van der Waals surface area contributed by atoms with Crippen molar-refractivity contribution in [2.75, 3.05) is 19.6 Å². The second-order valence-corrected chi connectivity index (χ2v) is 4.62. The molecule has 1 unspecified atom stereocenters. The molecule has 1 saturated heterocycles. The van der Waals surface area contributed by atoms with Crippen molar-refractivity contribution < 1.29 is 0 Å². The van der Waals surface area contributed by atoms with Gasteiger partial charge in [0.05, 0.1) is 5.82 Å². The Hall–Kier alpha value is -1.16. The van der Waals surface area contributed by atoms with Crippen LogP contribution in [-0.2, 0) is 0 Å². The van der Waals surface area contributed by atoms with E-state index >= 15 is 0 Å². The molecular formula is C11H22N4. The summed E-state index contributed by atoms with van der Waals surface area (Å²) in [6.07, 6.45) is 4.80. The molecule has 4 heteroatoms. The van der Waals surface area contributed by atoms with Gasteiger partial charge in [0.1, 0.15) is 0 Å². The fourth-order valence-electron chi connectivity index (χ4n) is 1.62. The van der Waals surface area contributed by atoms with Crippen molar-refractivity contribution in [1.29, 1.82) is 0 Å². The molecule has 1 rings (SSSR count). The maximum absolute atomic E-state index is 5.79. The lowest BCUT2D eigenvalue weighted by atomic mass is 9.90. The molecule has 0 bridgehead atoms. The normalized spacial score (nSPS) is 28.1. The predicted molar refractivity (Wildman–Crippen MR) is 63.8 cm³/mol. The van der Waals surface area contributed by atoms with E-state index in [-0.39, 0.29) is 0 Å². The van der Waals surface area contributed by atoms with E-state index in [2.05, 4.69) is 17.6 Å². The molecule has 1 aliphatic heterocycles. The van der Waals surface area contributed by atoms with E-state index in [4.69, 9.17) is 11.5 Å². The van der Waals surface area contributed by atoms with Crippen LogP contribution in [0.15, 0.2) is 23.7 Å². The van der Waals surface area contributed by atoms with E-state index in [0.29, 0.717) is 11.2 Å². The number of nitrogens with two attached hydrogens (primary N) is 2. The maximum Gasteiger partial charge on any atom is 0.0960 e. The van der Waals surface area contributed by atoms with Crippen molar-refractivity contribution in [3.63, 3.8) is 0 Å². The average Bonchev–Trinajstić information content (AvgIpc) is 2.60. The molecule has 1 fully saturated rings. The van der Waals surface area contributed by atoms with Gasteiger partial charge in [0.2, 0.25) is 0 Å². The molecule has 0 aromatic carbocycles. The molecule has 0 amide bonds. The molecule has 0 spiro atoms. The number of hydrogen-bond acceptors (Lipinski definition) is 4. The van der Waals surface area contributed by atoms with E-state index in [0.717, 1.165) is 25.3 Å². The van der Waals surface area contributed by atoms with Gasteiger partial charge in [0, 0.05) is 18.8 Å². The summed E-state index contributed by atoms with van der Waals surface area (Å²) in [5.74, 6) is 0.674. The van der Waals surface area contributed by atoms with E-state index in [1.54, 1.807) is 12.2 Å². The molecule has 0 aromatic rings. The van der Waals surface area contributed by atoms with Gasteiger partial charge in [-0.25, -0.2) is 0 Å². The fraction of sp³-hybridized carbons (Fsp3) is 0.636. The Morgan fingerprint density at radius 1 is 1.47 bits per heavy atom. The van der Waals surface area contributed by atoms with Crippen molar-refractivity contribution in [3.8, 4) is 0 Å². The van der Waals surface area contributed by atoms with Gasteiger partial charge in [0.25, 0.3) is 0 Å². The lowest BCUT2D eigenvalue weighted by Crippen LogP contribution is -2.35. The molecule has 1 aliphatic rings. The van der Waals surface area contributed by atoms with Crippen molar-refractivity contribution in [2.24, 2.45) is 16.9 Å². The third-order valence-corrected chi connectivity index (χ3v) is 2.70. The topological polar surface area (TPSA) is 76.1 Å². The third kappa shape index (κ3) is 4.25. The molecule has 4 nitrogen and oxygen atoms in total. The highest BCUT2D eigenvalue weighted by molar-refractivity contribution is 5.12. The lowest BCUT2D eigenvalue weighted by molar-refractivity contribution is 0.352. The Morgan fingerprint density at radius 3 is 2.73 bits per heavy atom. The Balaban J connectivity index is 2.36. The Bertz CT molecular complexity index is 258. The van der Waals surface area contributed by atoms with Crippen LogP contribution in [0, 0.1) is 5.41 Å². The largest absolute Gasteiger partial charge is 0.402 e. The summed E-state index contributed by atoms with van der Waals surface area (Å²) in [6.45, 7) is 7.16. The zero-order chi connectivity index (χ0) is 11.3. The van der Waals surface area contributed by atoms with E-state index in [1.165, 1.54) is 6.42 Å². The van der Waals surface area contributed by atoms with Gasteiger partial charge in [-0.3, -0.25) is 0 Å². The highest BCUT2D eigenvalue weighted by Crippen LogP contribution is 2.22. The summed E-state index contributed by atoms with van der Waals surface area (Å²) < 4.78 is 0. The van der Waals surface area contributed by atoms with Crippen LogP contribution in [0.1, 0.15) is 20.3 Å². The second-order valence-electron chi connectivity index (χ2n) is 4.62. The molecule has 1 heterocycles. The summed E-state index contributed by atoms with van der Waals surface area (Å²) in [6, 6.07) is 0. The predicted octanol–water partition coefficient (Wildman–Crippen LogP) is 0.238. The highest BCUT2D eigenvalue weighted by Gasteiger charge is 2.27. The van der Waals surface area contributed by atoms with Crippen LogP contribution in [0.5, 0.6) is 0 Å². The van der Waals surface area contributed by atoms with Gasteiger partial charge < -0.3 is 22.1 Å². The Morgan fingerprint density at radius 2 is 2.20 bits per heavy atom. The Labute approximate surface area is 91.8 Å². The molecule has 0 saturated carbocycles. The van der Waals surface area contributed by atoms with E-state index < -0.39 is 0 Å². The summed E-state index contributed by atoms with van der Waals surface area (Å²) in [7, 11) is 0. The van der Waals surface area contributed by atoms with Crippen LogP contribution in [0.3, 0.4) is 0 Å². The smallest absolute Gasteiger partial charge is 0.0960 e. The van der Waals surface area contributed by atoms with E-state index in [9.17, 15) is 0 Å². The minimum Gasteiger partial charge on any atom is -0.402 e. The van der Waals surface area contributed by atoms with Crippen molar-refractivity contribution in [1.82, 2.24) is 10.6 Å². The maximum atomic E-state index is 5.79. The molecule has 0 aromatic heterocycles. The molecule has 0 radical (unpaired) electrons. The van der Waals surface area contributed by atoms with E-state index in [1.807, 2.05) is 6.92 Å². The zero-order valence-electron chi connectivity index (χ0n) is 9.64. The monoisotopic (exact) mass is 210 g/mol. The van der Waals surface area contributed by atoms with Crippen molar-refractivity contribution in [3.05, 3.63) is 23.7 Å². The lowest BCUT2D eigenvalue weighted by Gasteiger charge is -2.23. The van der Waals surface area contributed by atoms with Gasteiger partial charge in [-0.2, -0.15) is 0 Å². The molecule has 0 aliphatic carbocycles. The summed E-state index contributed by atoms with van der Waals surface area (Å²) in [5, 5.41) is 6.57. The van der Waals surface area contributed by atoms with Crippen LogP contribution in [-0.4, -0.2) is 19.6 Å². The number of allylic oxidation sites excluding steroid dienone is 3. The minimum absolute atomic E-state index is 0.319. The molecular weight excluding hydrogens is 188 g/mol. The molecule has 86 valence electrons. The molecule has 15 heavy (non-hydrogen) atoms. The summed E-state index contributed by atoms with van der Waals surface area (Å²) >= 11 is 0. The van der Waals surface area contributed by atoms with Crippen LogP contribution < -0.4 is 22.1 Å². The fourth-order valence-corrected chi connectivity index (χ4v) is 1.62. The first-order chi connectivity index (χ1) is 7.02. The zero-order valence-corrected chi connectivity index (χ0v) is 9.64. The first-order valence-electron chi connectivity index (χ1n) is 5.36. The summed E-state index contributed by atoms with van der Waals surface area (Å²) in [5.41, 5.74) is 12.4. The third-order valence-electron chi connectivity index (χ3n) is 2.70. The van der Waals surface area contributed by atoms with Crippen LogP contribution in [0.4, 0.5) is 0 Å². The molecule has 1 atom stereocenters. The quantitative estimate of drug-likeness (QED) is 0.501. The highest BCUT2D eigenvalue weighted by atomic mass is 15.0. The Kier molecular flexibility index (Phi) is 4.03. The van der Waals surface area contributed by atoms with Gasteiger partial charge in [-0.1, -0.05) is 6.92 Å². The van der Waals surface area contributed by atoms with Crippen LogP contribution in [0.2, 0.25) is 0 Å². The molecule has 6 N–H and O–H groups in total. The van der Waals surface area contributed by atoms with Crippen molar-refractivity contribution >= 4 is 0 Å². The van der Waals surface area contributed by atoms with Crippen LogP contribution in [0.25, 0.3) is 0 Å². The minimum atomic E-state index is 0.319. The van der Waals surface area contributed by atoms with Gasteiger partial charge >= 0.3 is 0 Å². The average molecular weight is 210 g/mol. The standard InChI is InChI=1S/C11H22N4/c1-9(12)3-4-10(13)15-8-11(2)5-6-14-7-11/h3-4,14-15H,5-8,12-13H2,1-2H3/b9-3-,10-4+. The number of rotatable bonds is 4.